The average molecular weight is 400 g/mol. The summed E-state index contributed by atoms with van der Waals surface area (Å²) in [5, 5.41) is 6.97. The van der Waals surface area contributed by atoms with Gasteiger partial charge in [-0.2, -0.15) is 5.10 Å². The maximum atomic E-state index is 12.2. The number of halogens is 1. The molecule has 128 valence electrons. The van der Waals surface area contributed by atoms with E-state index >= 15 is 0 Å². The van der Waals surface area contributed by atoms with Crippen molar-refractivity contribution in [1.29, 1.82) is 0 Å². The molecule has 1 N–H and O–H groups in total. The molecule has 0 saturated heterocycles. The first-order valence-corrected chi connectivity index (χ1v) is 8.64. The van der Waals surface area contributed by atoms with Crippen molar-refractivity contribution in [2.75, 3.05) is 0 Å². The Labute approximate surface area is 154 Å². The van der Waals surface area contributed by atoms with Crippen LogP contribution >= 0.6 is 15.9 Å². The molecule has 1 aromatic heterocycles. The molecule has 2 aromatic carbocycles. The number of benzene rings is 2. The molecule has 0 saturated carbocycles. The van der Waals surface area contributed by atoms with E-state index in [-0.39, 0.29) is 5.91 Å². The predicted molar refractivity (Wildman–Crippen MR) is 99.3 cm³/mol. The number of ether oxygens (including phenoxy) is 1. The van der Waals surface area contributed by atoms with Gasteiger partial charge in [0.15, 0.2) is 0 Å². The van der Waals surface area contributed by atoms with Gasteiger partial charge in [0.25, 0.3) is 5.91 Å². The maximum absolute atomic E-state index is 12.2. The Bertz CT molecular complexity index is 859. The van der Waals surface area contributed by atoms with E-state index in [1.807, 2.05) is 49.5 Å². The van der Waals surface area contributed by atoms with E-state index in [2.05, 4.69) is 26.3 Å². The Hall–Kier alpha value is -2.60. The quantitative estimate of drug-likeness (QED) is 0.687. The number of hydrogen-bond donors (Lipinski definition) is 1. The molecule has 0 unspecified atom stereocenters. The van der Waals surface area contributed by atoms with Gasteiger partial charge in [-0.1, -0.05) is 24.3 Å². The minimum atomic E-state index is -0.112. The molecule has 0 aliphatic rings. The Morgan fingerprint density at radius 3 is 2.60 bits per heavy atom. The van der Waals surface area contributed by atoms with Gasteiger partial charge in [0, 0.05) is 18.8 Å². The summed E-state index contributed by atoms with van der Waals surface area (Å²) < 4.78 is 8.43. The Morgan fingerprint density at radius 1 is 1.16 bits per heavy atom. The van der Waals surface area contributed by atoms with Crippen molar-refractivity contribution in [3.05, 3.63) is 82.1 Å². The van der Waals surface area contributed by atoms with Gasteiger partial charge < -0.3 is 10.1 Å². The van der Waals surface area contributed by atoms with Crippen molar-refractivity contribution in [3.63, 3.8) is 0 Å². The van der Waals surface area contributed by atoms with Gasteiger partial charge in [0.2, 0.25) is 0 Å². The summed E-state index contributed by atoms with van der Waals surface area (Å²) in [5.41, 5.74) is 2.57. The van der Waals surface area contributed by atoms with E-state index in [4.69, 9.17) is 4.74 Å². The van der Waals surface area contributed by atoms with Crippen LogP contribution in [0, 0.1) is 0 Å². The second kappa shape index (κ2) is 7.98. The zero-order valence-electron chi connectivity index (χ0n) is 13.8. The van der Waals surface area contributed by atoms with Crippen LogP contribution in [0.5, 0.6) is 5.75 Å². The predicted octanol–water partition coefficient (Wildman–Crippen LogP) is 3.69. The van der Waals surface area contributed by atoms with E-state index < -0.39 is 0 Å². The van der Waals surface area contributed by atoms with Crippen LogP contribution in [0.4, 0.5) is 0 Å². The third-order valence-corrected chi connectivity index (χ3v) is 4.45. The van der Waals surface area contributed by atoms with Crippen molar-refractivity contribution < 1.29 is 9.53 Å². The molecule has 0 bridgehead atoms. The minimum absolute atomic E-state index is 0.112. The lowest BCUT2D eigenvalue weighted by atomic mass is 10.1. The molecule has 1 heterocycles. The monoisotopic (exact) mass is 399 g/mol. The summed E-state index contributed by atoms with van der Waals surface area (Å²) in [5.74, 6) is 0.681. The normalized spacial score (nSPS) is 10.5. The lowest BCUT2D eigenvalue weighted by Crippen LogP contribution is -2.24. The topological polar surface area (TPSA) is 56.2 Å². The van der Waals surface area contributed by atoms with E-state index in [1.54, 1.807) is 23.0 Å². The summed E-state index contributed by atoms with van der Waals surface area (Å²) in [7, 11) is 1.85. The number of para-hydroxylation sites is 1. The second-order valence-electron chi connectivity index (χ2n) is 5.54. The Morgan fingerprint density at radius 2 is 1.92 bits per heavy atom. The Kier molecular flexibility index (Phi) is 5.50. The largest absolute Gasteiger partial charge is 0.488 e. The fourth-order valence-electron chi connectivity index (χ4n) is 2.32. The number of aryl methyl sites for hydroxylation is 1. The highest BCUT2D eigenvalue weighted by Crippen LogP contribution is 2.24. The van der Waals surface area contributed by atoms with Crippen molar-refractivity contribution >= 4 is 21.8 Å². The highest BCUT2D eigenvalue weighted by molar-refractivity contribution is 9.10. The van der Waals surface area contributed by atoms with Crippen molar-refractivity contribution in [3.8, 4) is 5.75 Å². The van der Waals surface area contributed by atoms with Gasteiger partial charge in [-0.15, -0.1) is 0 Å². The first-order valence-electron chi connectivity index (χ1n) is 7.85. The maximum Gasteiger partial charge on any atom is 0.251 e. The van der Waals surface area contributed by atoms with E-state index in [0.717, 1.165) is 21.5 Å². The zero-order chi connectivity index (χ0) is 17.6. The molecule has 6 heteroatoms. The Balaban J connectivity index is 1.55. The summed E-state index contributed by atoms with van der Waals surface area (Å²) in [6, 6.07) is 17.0. The standard InChI is InChI=1S/C19H18BrN3O2/c1-23-16(10-11-22-23)12-21-19(24)15-8-6-14(7-9-15)13-25-18-5-3-2-4-17(18)20/h2-11H,12-13H2,1H3,(H,21,24). The third kappa shape index (κ3) is 4.48. The lowest BCUT2D eigenvalue weighted by Gasteiger charge is -2.09. The van der Waals surface area contributed by atoms with Crippen molar-refractivity contribution in [1.82, 2.24) is 15.1 Å². The van der Waals surface area contributed by atoms with Crippen LogP contribution < -0.4 is 10.1 Å². The number of nitrogens with zero attached hydrogens (tertiary/aromatic N) is 2. The molecule has 1 amide bonds. The SMILES string of the molecule is Cn1nccc1CNC(=O)c1ccc(COc2ccccc2Br)cc1. The van der Waals surface area contributed by atoms with Crippen LogP contribution in [0.2, 0.25) is 0 Å². The molecule has 0 aliphatic heterocycles. The number of amides is 1. The number of rotatable bonds is 6. The molecule has 5 nitrogen and oxygen atoms in total. The highest BCUT2D eigenvalue weighted by Gasteiger charge is 2.07. The van der Waals surface area contributed by atoms with Gasteiger partial charge in [0.05, 0.1) is 16.7 Å². The van der Waals surface area contributed by atoms with Gasteiger partial charge in [-0.3, -0.25) is 9.48 Å². The van der Waals surface area contributed by atoms with Crippen molar-refractivity contribution in [2.45, 2.75) is 13.2 Å². The van der Waals surface area contributed by atoms with Crippen molar-refractivity contribution in [2.24, 2.45) is 7.05 Å². The molecular formula is C19H18BrN3O2. The molecule has 0 atom stereocenters. The molecule has 0 radical (unpaired) electrons. The summed E-state index contributed by atoms with van der Waals surface area (Å²) >= 11 is 3.46. The third-order valence-electron chi connectivity index (χ3n) is 3.80. The number of carbonyl (C=O) groups is 1. The average Bonchev–Trinajstić information content (AvgIpc) is 3.04. The fraction of sp³-hybridized carbons (Fsp3) is 0.158. The van der Waals surface area contributed by atoms with Gasteiger partial charge in [-0.25, -0.2) is 0 Å². The zero-order valence-corrected chi connectivity index (χ0v) is 15.4. The van der Waals surface area contributed by atoms with Gasteiger partial charge in [-0.05, 0) is 51.8 Å². The first-order chi connectivity index (χ1) is 12.1. The van der Waals surface area contributed by atoms with Crippen LogP contribution in [0.1, 0.15) is 21.6 Å². The first kappa shape index (κ1) is 17.2. The fourth-order valence-corrected chi connectivity index (χ4v) is 2.72. The van der Waals surface area contributed by atoms with Crippen LogP contribution in [0.15, 0.2) is 65.3 Å². The summed E-state index contributed by atoms with van der Waals surface area (Å²) in [6.07, 6.45) is 1.71. The minimum Gasteiger partial charge on any atom is -0.488 e. The van der Waals surface area contributed by atoms with Gasteiger partial charge >= 0.3 is 0 Å². The molecular weight excluding hydrogens is 382 g/mol. The number of nitrogens with one attached hydrogen (secondary N) is 1. The second-order valence-corrected chi connectivity index (χ2v) is 6.40. The highest BCUT2D eigenvalue weighted by atomic mass is 79.9. The van der Waals surface area contributed by atoms with E-state index in [9.17, 15) is 4.79 Å². The molecule has 3 rings (SSSR count). The number of aromatic nitrogens is 2. The van der Waals surface area contributed by atoms with Crippen LogP contribution in [-0.2, 0) is 20.2 Å². The lowest BCUT2D eigenvalue weighted by molar-refractivity contribution is 0.0950. The summed E-state index contributed by atoms with van der Waals surface area (Å²) in [6.45, 7) is 0.891. The van der Waals surface area contributed by atoms with Crippen LogP contribution in [-0.4, -0.2) is 15.7 Å². The van der Waals surface area contributed by atoms with E-state index in [0.29, 0.717) is 18.7 Å². The number of hydrogen-bond acceptors (Lipinski definition) is 3. The molecule has 0 aliphatic carbocycles. The molecule has 0 spiro atoms. The number of carbonyl (C=O) groups excluding carboxylic acids is 1. The smallest absolute Gasteiger partial charge is 0.251 e. The van der Waals surface area contributed by atoms with E-state index in [1.165, 1.54) is 0 Å². The molecule has 0 fully saturated rings. The van der Waals surface area contributed by atoms with Gasteiger partial charge in [0.1, 0.15) is 12.4 Å². The van der Waals surface area contributed by atoms with Crippen LogP contribution in [0.25, 0.3) is 0 Å². The molecule has 25 heavy (non-hydrogen) atoms. The molecule has 3 aromatic rings. The summed E-state index contributed by atoms with van der Waals surface area (Å²) in [4.78, 5) is 12.2. The van der Waals surface area contributed by atoms with Crippen LogP contribution in [0.3, 0.4) is 0 Å².